The lowest BCUT2D eigenvalue weighted by atomic mass is 9.79. The number of esters is 2. The Hall–Kier alpha value is -2.77. The second-order valence-electron chi connectivity index (χ2n) is 7.03. The molecule has 0 amide bonds. The van der Waals surface area contributed by atoms with E-state index < -0.39 is 17.9 Å². The lowest BCUT2D eigenvalue weighted by Crippen LogP contribution is -2.33. The van der Waals surface area contributed by atoms with Crippen LogP contribution in [0.15, 0.2) is 53.1 Å². The van der Waals surface area contributed by atoms with Gasteiger partial charge in [0.15, 0.2) is 0 Å². The van der Waals surface area contributed by atoms with Crippen LogP contribution in [0.3, 0.4) is 0 Å². The smallest absolute Gasteiger partial charge is 0.336 e. The van der Waals surface area contributed by atoms with Crippen LogP contribution in [-0.4, -0.2) is 35.7 Å². The van der Waals surface area contributed by atoms with Crippen LogP contribution in [0, 0.1) is 6.92 Å². The van der Waals surface area contributed by atoms with E-state index in [4.69, 9.17) is 32.7 Å². The minimum Gasteiger partial charge on any atom is -0.466 e. The Bertz CT molecular complexity index is 1090. The molecule has 3 rings (SSSR count). The summed E-state index contributed by atoms with van der Waals surface area (Å²) in [6, 6.07) is 5.10. The molecule has 0 radical (unpaired) electrons. The van der Waals surface area contributed by atoms with E-state index in [1.165, 1.54) is 14.2 Å². The van der Waals surface area contributed by atoms with Gasteiger partial charge in [0, 0.05) is 36.8 Å². The Morgan fingerprint density at radius 1 is 1.13 bits per heavy atom. The summed E-state index contributed by atoms with van der Waals surface area (Å²) in [5.74, 6) is -1.09. The molecule has 1 aliphatic rings. The third kappa shape index (κ3) is 4.48. The molecule has 0 spiro atoms. The highest BCUT2D eigenvalue weighted by Crippen LogP contribution is 2.44. The topological polar surface area (TPSA) is 82.5 Å². The first-order chi connectivity index (χ1) is 14.8. The number of carbonyl (C=O) groups excluding carboxylic acids is 2. The van der Waals surface area contributed by atoms with Crippen molar-refractivity contribution >= 4 is 35.1 Å². The Morgan fingerprint density at radius 2 is 1.81 bits per heavy atom. The predicted molar refractivity (Wildman–Crippen MR) is 118 cm³/mol. The van der Waals surface area contributed by atoms with Gasteiger partial charge in [0.2, 0.25) is 0 Å². The van der Waals surface area contributed by atoms with Crippen molar-refractivity contribution in [1.29, 1.82) is 0 Å². The van der Waals surface area contributed by atoms with Gasteiger partial charge in [-0.3, -0.25) is 0 Å². The van der Waals surface area contributed by atoms with E-state index in [1.807, 2.05) is 17.7 Å². The van der Waals surface area contributed by atoms with Gasteiger partial charge in [-0.25, -0.2) is 14.6 Å². The SMILES string of the molecule is COC(=O)C1=C(C)NC(CCn2ccnc2C)=C(C(=O)OC)C1c1cccc(Cl)c1Cl. The fourth-order valence-corrected chi connectivity index (χ4v) is 4.17. The molecule has 0 bridgehead atoms. The molecule has 1 aromatic carbocycles. The molecule has 0 aliphatic carbocycles. The van der Waals surface area contributed by atoms with E-state index in [1.54, 1.807) is 31.3 Å². The molecule has 164 valence electrons. The quantitative estimate of drug-likeness (QED) is 0.647. The number of ether oxygens (including phenoxy) is 2. The van der Waals surface area contributed by atoms with Crippen molar-refractivity contribution in [3.05, 3.63) is 74.6 Å². The summed E-state index contributed by atoms with van der Waals surface area (Å²) in [4.78, 5) is 29.9. The number of imidazole rings is 1. The molecule has 0 fully saturated rings. The first kappa shape index (κ1) is 22.9. The number of nitrogens with zero attached hydrogens (tertiary/aromatic N) is 2. The number of aromatic nitrogens is 2. The number of dihydropyridines is 1. The van der Waals surface area contributed by atoms with Gasteiger partial charge in [-0.15, -0.1) is 0 Å². The zero-order valence-corrected chi connectivity index (χ0v) is 19.2. The number of benzene rings is 1. The second kappa shape index (κ2) is 9.58. The van der Waals surface area contributed by atoms with E-state index >= 15 is 0 Å². The van der Waals surface area contributed by atoms with E-state index in [0.29, 0.717) is 34.9 Å². The number of hydrogen-bond donors (Lipinski definition) is 1. The number of methoxy groups -OCH3 is 2. The predicted octanol–water partition coefficient (Wildman–Crippen LogP) is 4.15. The van der Waals surface area contributed by atoms with Crippen LogP contribution in [-0.2, 0) is 25.6 Å². The average Bonchev–Trinajstić information content (AvgIpc) is 3.17. The Morgan fingerprint density at radius 3 is 2.42 bits per heavy atom. The van der Waals surface area contributed by atoms with Gasteiger partial charge in [0.1, 0.15) is 5.82 Å². The van der Waals surface area contributed by atoms with Crippen LogP contribution in [0.25, 0.3) is 0 Å². The number of hydrogen-bond acceptors (Lipinski definition) is 6. The Balaban J connectivity index is 2.18. The van der Waals surface area contributed by atoms with E-state index in [2.05, 4.69) is 10.3 Å². The van der Waals surface area contributed by atoms with Gasteiger partial charge in [-0.1, -0.05) is 35.3 Å². The highest BCUT2D eigenvalue weighted by molar-refractivity contribution is 6.42. The maximum absolute atomic E-state index is 13.0. The summed E-state index contributed by atoms with van der Waals surface area (Å²) < 4.78 is 12.1. The summed E-state index contributed by atoms with van der Waals surface area (Å²) in [6.45, 7) is 4.23. The molecule has 1 aromatic heterocycles. The van der Waals surface area contributed by atoms with Gasteiger partial charge in [-0.05, 0) is 25.5 Å². The molecule has 31 heavy (non-hydrogen) atoms. The summed E-state index contributed by atoms with van der Waals surface area (Å²) in [5, 5.41) is 3.79. The first-order valence-corrected chi connectivity index (χ1v) is 10.3. The van der Waals surface area contributed by atoms with Crippen molar-refractivity contribution < 1.29 is 19.1 Å². The maximum Gasteiger partial charge on any atom is 0.336 e. The molecular formula is C22H23Cl2N3O4. The average molecular weight is 464 g/mol. The van der Waals surface area contributed by atoms with Crippen LogP contribution in [0.2, 0.25) is 10.0 Å². The Labute approximate surface area is 190 Å². The Kier molecular flexibility index (Phi) is 7.08. The molecule has 1 aliphatic heterocycles. The zero-order valence-electron chi connectivity index (χ0n) is 17.7. The van der Waals surface area contributed by atoms with Gasteiger partial charge in [0.05, 0.1) is 41.3 Å². The van der Waals surface area contributed by atoms with Crippen molar-refractivity contribution in [3.63, 3.8) is 0 Å². The summed E-state index contributed by atoms with van der Waals surface area (Å²) in [6.07, 6.45) is 4.06. The molecule has 2 heterocycles. The number of nitrogens with one attached hydrogen (secondary N) is 1. The molecule has 0 saturated heterocycles. The van der Waals surface area contributed by atoms with Crippen LogP contribution in [0.4, 0.5) is 0 Å². The number of allylic oxidation sites excluding steroid dienone is 2. The van der Waals surface area contributed by atoms with Gasteiger partial charge in [-0.2, -0.15) is 0 Å². The van der Waals surface area contributed by atoms with Gasteiger partial charge < -0.3 is 19.4 Å². The van der Waals surface area contributed by atoms with E-state index in [-0.39, 0.29) is 16.2 Å². The van der Waals surface area contributed by atoms with E-state index in [9.17, 15) is 9.59 Å². The summed E-state index contributed by atoms with van der Waals surface area (Å²) >= 11 is 12.8. The van der Waals surface area contributed by atoms with Crippen molar-refractivity contribution in [3.8, 4) is 0 Å². The molecule has 0 saturated carbocycles. The van der Waals surface area contributed by atoms with Crippen molar-refractivity contribution in [2.24, 2.45) is 0 Å². The van der Waals surface area contributed by atoms with Crippen LogP contribution in [0.5, 0.6) is 0 Å². The molecule has 9 heteroatoms. The first-order valence-electron chi connectivity index (χ1n) is 9.59. The number of carbonyl (C=O) groups is 2. The molecular weight excluding hydrogens is 441 g/mol. The lowest BCUT2D eigenvalue weighted by molar-refractivity contribution is -0.137. The molecule has 7 nitrogen and oxygen atoms in total. The standard InChI is InChI=1S/C22H23Cl2N3O4/c1-12-17(21(28)30-3)18(14-6-5-7-15(23)20(14)24)19(22(29)31-4)16(26-12)8-10-27-11-9-25-13(27)2/h5-7,9,11,18,26H,8,10H2,1-4H3. The van der Waals surface area contributed by atoms with Crippen molar-refractivity contribution in [2.75, 3.05) is 14.2 Å². The fourth-order valence-electron chi connectivity index (χ4n) is 3.75. The molecule has 2 aromatic rings. The lowest BCUT2D eigenvalue weighted by Gasteiger charge is -2.32. The fraction of sp³-hybridized carbons (Fsp3) is 0.318. The third-order valence-electron chi connectivity index (χ3n) is 5.27. The summed E-state index contributed by atoms with van der Waals surface area (Å²) in [5.41, 5.74) is 2.28. The molecule has 1 atom stereocenters. The molecule has 1 unspecified atom stereocenters. The van der Waals surface area contributed by atoms with Crippen molar-refractivity contribution in [2.45, 2.75) is 32.7 Å². The van der Waals surface area contributed by atoms with Gasteiger partial charge >= 0.3 is 11.9 Å². The van der Waals surface area contributed by atoms with Gasteiger partial charge in [0.25, 0.3) is 0 Å². The monoisotopic (exact) mass is 463 g/mol. The minimum absolute atomic E-state index is 0.261. The van der Waals surface area contributed by atoms with E-state index in [0.717, 1.165) is 5.82 Å². The minimum atomic E-state index is -0.800. The maximum atomic E-state index is 13.0. The normalized spacial score (nSPS) is 16.3. The third-order valence-corrected chi connectivity index (χ3v) is 6.11. The summed E-state index contributed by atoms with van der Waals surface area (Å²) in [7, 11) is 2.59. The highest BCUT2D eigenvalue weighted by atomic mass is 35.5. The second-order valence-corrected chi connectivity index (χ2v) is 7.82. The van der Waals surface area contributed by atoms with Crippen LogP contribution >= 0.6 is 23.2 Å². The number of halogens is 2. The van der Waals surface area contributed by atoms with Crippen LogP contribution < -0.4 is 5.32 Å². The highest BCUT2D eigenvalue weighted by Gasteiger charge is 2.39. The number of aryl methyl sites for hydroxylation is 2. The molecule has 1 N–H and O–H groups in total. The number of rotatable bonds is 6. The van der Waals surface area contributed by atoms with Crippen molar-refractivity contribution in [1.82, 2.24) is 14.9 Å². The zero-order chi connectivity index (χ0) is 22.7. The largest absolute Gasteiger partial charge is 0.466 e. The van der Waals surface area contributed by atoms with Crippen LogP contribution in [0.1, 0.15) is 30.7 Å².